The maximum absolute atomic E-state index is 13.6. The van der Waals surface area contributed by atoms with E-state index >= 15 is 0 Å². The standard InChI is InChI=1S/2C55H60N4O13/c2*1-31(2)23-44(54(68)57-30-51(66)58-43(11-9-10-22-56-33(4)60)46(64)25-34-14-18-38-32(3)24-52(67)72-47(38)26-34)59-50(65)13-8-6-5-7-12-45(63)35-15-19-39(42(27-35)55(69)70)53-40-20-16-36(61)28-48(40)71-49-29-37(62)17-21-41(49)53/h2*14-21,24,26-29,31,43-44,61H,5-13,22-23,25,30H2,1-4H3,(H,56,60)(H,57,68)(H,58,66)(H,59,65)(H,69,70)/t2*43-,44-/m00/s1. The number of amides is 8. The Morgan fingerprint density at radius 2 is 0.694 bits per heavy atom. The number of carboxylic acid groups (broad SMARTS) is 2. The van der Waals surface area contributed by atoms with Gasteiger partial charge in [0.25, 0.3) is 0 Å². The Bertz CT molecular complexity index is 6610. The van der Waals surface area contributed by atoms with Gasteiger partial charge in [-0.25, -0.2) is 19.2 Å². The van der Waals surface area contributed by atoms with E-state index < -0.39 is 84.1 Å². The topological polar surface area (TPSA) is 537 Å². The molecule has 0 fully saturated rings. The van der Waals surface area contributed by atoms with Crippen molar-refractivity contribution in [1.29, 1.82) is 0 Å². The lowest BCUT2D eigenvalue weighted by Crippen LogP contribution is -2.51. The summed E-state index contributed by atoms with van der Waals surface area (Å²) in [5.41, 5.74) is 4.85. The largest absolute Gasteiger partial charge is 0.508 e. The highest BCUT2D eigenvalue weighted by atomic mass is 16.4. The molecule has 8 aromatic rings. The van der Waals surface area contributed by atoms with Gasteiger partial charge in [-0.15, -0.1) is 0 Å². The molecule has 0 saturated carbocycles. The van der Waals surface area contributed by atoms with Gasteiger partial charge in [-0.1, -0.05) is 102 Å². The minimum atomic E-state index is -1.26. The van der Waals surface area contributed by atoms with Gasteiger partial charge in [-0.3, -0.25) is 67.1 Å². The number of fused-ring (bicyclic) bond motifs is 6. The van der Waals surface area contributed by atoms with E-state index in [1.54, 1.807) is 98.8 Å². The summed E-state index contributed by atoms with van der Waals surface area (Å²) >= 11 is 0. The van der Waals surface area contributed by atoms with Gasteiger partial charge in [-0.05, 0) is 209 Å². The Morgan fingerprint density at radius 3 is 1.06 bits per heavy atom. The van der Waals surface area contributed by atoms with E-state index in [4.69, 9.17) is 17.7 Å². The summed E-state index contributed by atoms with van der Waals surface area (Å²) in [4.78, 5) is 229. The molecule has 4 atom stereocenters. The Balaban J connectivity index is 0.000000274. The number of rotatable bonds is 50. The highest BCUT2D eigenvalue weighted by Crippen LogP contribution is 2.45. The molecule has 2 aliphatic carbocycles. The predicted molar refractivity (Wildman–Crippen MR) is 540 cm³/mol. The molecule has 34 heteroatoms. The van der Waals surface area contributed by atoms with Crippen molar-refractivity contribution in [2.75, 3.05) is 26.2 Å². The number of benzene rings is 8. The first-order chi connectivity index (χ1) is 68.7. The second-order valence-electron chi connectivity index (χ2n) is 37.0. The van der Waals surface area contributed by atoms with E-state index in [9.17, 15) is 107 Å². The third-order valence-corrected chi connectivity index (χ3v) is 24.5. The molecule has 0 unspecified atom stereocenters. The first-order valence-corrected chi connectivity index (χ1v) is 48.3. The van der Waals surface area contributed by atoms with E-state index in [2.05, 4.69) is 42.5 Å². The Kier molecular flexibility index (Phi) is 38.8. The van der Waals surface area contributed by atoms with Crippen LogP contribution in [0.4, 0.5) is 0 Å². The quantitative estimate of drug-likeness (QED) is 0.00729. The molecule has 0 spiro atoms. The Hall–Kier alpha value is -15.9. The molecule has 34 nitrogen and oxygen atoms in total. The van der Waals surface area contributed by atoms with Gasteiger partial charge in [0.15, 0.2) is 34.0 Å². The van der Waals surface area contributed by atoms with Crippen molar-refractivity contribution in [3.05, 3.63) is 244 Å². The van der Waals surface area contributed by atoms with Crippen molar-refractivity contribution in [3.63, 3.8) is 0 Å². The second kappa shape index (κ2) is 51.5. The van der Waals surface area contributed by atoms with Crippen LogP contribution in [0.5, 0.6) is 11.5 Å². The third-order valence-electron chi connectivity index (χ3n) is 24.5. The second-order valence-corrected chi connectivity index (χ2v) is 37.0. The van der Waals surface area contributed by atoms with Crippen LogP contribution >= 0.6 is 0 Å². The number of carbonyl (C=O) groups is 14. The van der Waals surface area contributed by atoms with Crippen LogP contribution in [0, 0.1) is 25.7 Å². The molecule has 2 aromatic heterocycles. The van der Waals surface area contributed by atoms with Gasteiger partial charge in [0.1, 0.15) is 57.4 Å². The summed E-state index contributed by atoms with van der Waals surface area (Å²) in [5, 5.41) is 65.0. The molecule has 8 amide bonds. The Morgan fingerprint density at radius 1 is 0.340 bits per heavy atom. The summed E-state index contributed by atoms with van der Waals surface area (Å²) in [5.74, 6) is -6.76. The molecule has 4 heterocycles. The van der Waals surface area contributed by atoms with Gasteiger partial charge >= 0.3 is 23.2 Å². The molecule has 144 heavy (non-hydrogen) atoms. The van der Waals surface area contributed by atoms with Gasteiger partial charge in [0, 0.05) is 157 Å². The first kappa shape index (κ1) is 109. The maximum atomic E-state index is 13.6. The zero-order valence-electron chi connectivity index (χ0n) is 81.6. The summed E-state index contributed by atoms with van der Waals surface area (Å²) in [6.45, 7) is 13.9. The van der Waals surface area contributed by atoms with E-state index in [1.807, 2.05) is 27.7 Å². The van der Waals surface area contributed by atoms with Crippen molar-refractivity contribution < 1.29 is 105 Å². The molecule has 0 radical (unpaired) electrons. The van der Waals surface area contributed by atoms with Gasteiger partial charge in [0.2, 0.25) is 47.3 Å². The summed E-state index contributed by atoms with van der Waals surface area (Å²) in [6.07, 6.45) is 7.96. The number of hydrogen-bond donors (Lipinski definition) is 12. The fourth-order valence-corrected chi connectivity index (χ4v) is 17.4. The van der Waals surface area contributed by atoms with Crippen molar-refractivity contribution in [1.82, 2.24) is 42.5 Å². The Labute approximate surface area is 828 Å². The fourth-order valence-electron chi connectivity index (χ4n) is 17.4. The smallest absolute Gasteiger partial charge is 0.336 e. The maximum Gasteiger partial charge on any atom is 0.336 e. The molecule has 12 rings (SSSR count). The number of carboxylic acids is 2. The summed E-state index contributed by atoms with van der Waals surface area (Å²) < 4.78 is 22.5. The molecule has 12 N–H and O–H groups in total. The van der Waals surface area contributed by atoms with Crippen molar-refractivity contribution in [2.24, 2.45) is 11.8 Å². The van der Waals surface area contributed by atoms with Crippen LogP contribution < -0.4 is 64.6 Å². The number of hydrogen-bond acceptors (Lipinski definition) is 24. The number of Topliss-reactive ketones (excluding diaryl/α,β-unsaturated/α-hetero) is 4. The van der Waals surface area contributed by atoms with Crippen molar-refractivity contribution in [2.45, 2.75) is 221 Å². The first-order valence-electron chi connectivity index (χ1n) is 48.3. The van der Waals surface area contributed by atoms with Crippen LogP contribution in [0.15, 0.2) is 195 Å². The molecule has 0 saturated heterocycles. The lowest BCUT2D eigenvalue weighted by atomic mass is 9.89. The van der Waals surface area contributed by atoms with Crippen molar-refractivity contribution in [3.8, 4) is 56.4 Å². The van der Waals surface area contributed by atoms with Gasteiger partial charge in [0.05, 0.1) is 36.3 Å². The van der Waals surface area contributed by atoms with Crippen LogP contribution in [0.3, 0.4) is 0 Å². The molecule has 0 bridgehead atoms. The SMILES string of the molecule is CC(=O)NCCCC[C@H](NC(=O)CNC(=O)[C@H](CC(C)C)NC(=O)CCCCCCC(=O)c1ccc(-c2c3ccc(=O)cc-3oc3cc(O)ccc23)c(C(=O)O)c1)C(=O)Cc1ccc2c(C)cc(=O)oc2c1.CC(=O)NCCCC[C@H](NC(=O)CNC(=O)[C@H](CC(C)C)NC(=O)CCCCCCC(=O)c1ccc(-c2c3ccc(=O)cc-3oc3cc(O)ccc23)c(C(=O)O)c1)C(=O)Cc1ccc2c(C)cc(=O)oc2c1. The van der Waals surface area contributed by atoms with Crippen LogP contribution in [0.2, 0.25) is 0 Å². The van der Waals surface area contributed by atoms with E-state index in [-0.39, 0.29) is 177 Å². The summed E-state index contributed by atoms with van der Waals surface area (Å²) in [7, 11) is 0. The normalized spacial score (nSPS) is 12.1. The number of phenolic OH excluding ortho intramolecular Hbond substituents is 2. The lowest BCUT2D eigenvalue weighted by Gasteiger charge is -2.21. The molecular weight excluding hydrogens is 1850 g/mol. The number of unbranched alkanes of at least 4 members (excludes halogenated alkanes) is 8. The highest BCUT2D eigenvalue weighted by Gasteiger charge is 2.31. The average Bonchev–Trinajstić information content (AvgIpc) is 0.748. The number of aryl methyl sites for hydroxylation is 2. The highest BCUT2D eigenvalue weighted by molar-refractivity contribution is 6.12. The number of nitrogens with one attached hydrogen (secondary N) is 8. The van der Waals surface area contributed by atoms with Crippen molar-refractivity contribution >= 4 is 126 Å². The number of phenols is 2. The van der Waals surface area contributed by atoms with Gasteiger partial charge in [-0.2, -0.15) is 0 Å². The third kappa shape index (κ3) is 31.1. The van der Waals surface area contributed by atoms with E-state index in [0.717, 1.165) is 21.9 Å². The number of ketones is 4. The molecule has 2 aliphatic heterocycles. The van der Waals surface area contributed by atoms with Crippen LogP contribution in [-0.4, -0.2) is 153 Å². The number of aromatic carboxylic acids is 2. The molecule has 756 valence electrons. The number of carbonyl (C=O) groups excluding carboxylic acids is 12. The fraction of sp³-hybridized carbons (Fsp3) is 0.364. The minimum Gasteiger partial charge on any atom is -0.508 e. The zero-order chi connectivity index (χ0) is 104. The predicted octanol–water partition coefficient (Wildman–Crippen LogP) is 14.3. The molecular formula is C110H120N8O26. The van der Waals surface area contributed by atoms with E-state index in [0.29, 0.717) is 169 Å². The van der Waals surface area contributed by atoms with Gasteiger partial charge < -0.3 is 80.6 Å². The monoisotopic (exact) mass is 1970 g/mol. The molecule has 6 aromatic carbocycles. The minimum absolute atomic E-state index is 0.0133. The van der Waals surface area contributed by atoms with Crippen LogP contribution in [-0.2, 0) is 60.8 Å². The average molecular weight is 1970 g/mol. The number of aromatic hydroxyl groups is 2. The van der Waals surface area contributed by atoms with E-state index in [1.165, 1.54) is 86.6 Å². The summed E-state index contributed by atoms with van der Waals surface area (Å²) in [6, 6.07) is 35.5. The van der Waals surface area contributed by atoms with Crippen LogP contribution in [0.25, 0.3) is 88.8 Å². The zero-order valence-corrected chi connectivity index (χ0v) is 81.6. The molecule has 4 aliphatic rings. The van der Waals surface area contributed by atoms with Crippen LogP contribution in [0.1, 0.15) is 234 Å². The lowest BCUT2D eigenvalue weighted by molar-refractivity contribution is -0.131.